The summed E-state index contributed by atoms with van der Waals surface area (Å²) in [5.41, 5.74) is 2.51. The van der Waals surface area contributed by atoms with E-state index in [4.69, 9.17) is 25.3 Å². The van der Waals surface area contributed by atoms with Gasteiger partial charge in [-0.2, -0.15) is 0 Å². The zero-order valence-electron chi connectivity index (χ0n) is 15.5. The Labute approximate surface area is 172 Å². The maximum Gasteiger partial charge on any atom is 2.00 e. The van der Waals surface area contributed by atoms with Crippen molar-refractivity contribution < 1.29 is 26.7 Å². The molecule has 5 heteroatoms. The minimum Gasteiger partial charge on any atom is -0.776 e. The van der Waals surface area contributed by atoms with Crippen molar-refractivity contribution in [3.63, 3.8) is 0 Å². The van der Waals surface area contributed by atoms with Gasteiger partial charge >= 0.3 is 16.5 Å². The standard InChI is InChI=1S/2C10H14OS.Ni/c2*1-10(2,3)7-4-5-8(11)9(12)6-7;/h2*4-6,11-12H,1-3H3;/q;;+2/p-2. The summed E-state index contributed by atoms with van der Waals surface area (Å²) in [6.45, 7) is 12.7. The van der Waals surface area contributed by atoms with Gasteiger partial charge in [-0.25, -0.2) is 0 Å². The van der Waals surface area contributed by atoms with Gasteiger partial charge in [0.15, 0.2) is 0 Å². The smallest absolute Gasteiger partial charge is 0.776 e. The Morgan fingerprint density at radius 3 is 1.12 bits per heavy atom. The number of phenols is 2. The molecule has 0 fully saturated rings. The Hall–Kier alpha value is -1.03. The fraction of sp³-hybridized carbons (Fsp3) is 0.400. The van der Waals surface area contributed by atoms with Gasteiger partial charge in [0.25, 0.3) is 0 Å². The van der Waals surface area contributed by atoms with Crippen LogP contribution >= 0.6 is 0 Å². The molecular weight excluding hydrogens is 395 g/mol. The van der Waals surface area contributed by atoms with E-state index >= 15 is 0 Å². The minimum absolute atomic E-state index is 0. The molecule has 2 rings (SSSR count). The molecule has 25 heavy (non-hydrogen) atoms. The number of hydrogen-bond donors (Lipinski definition) is 2. The molecule has 0 aromatic heterocycles. The van der Waals surface area contributed by atoms with Crippen molar-refractivity contribution in [3.05, 3.63) is 47.5 Å². The van der Waals surface area contributed by atoms with Crippen LogP contribution in [0, 0.1) is 0 Å². The Balaban J connectivity index is 0.000000443. The van der Waals surface area contributed by atoms with Crippen molar-refractivity contribution >= 4 is 25.3 Å². The second kappa shape index (κ2) is 9.07. The second-order valence-electron chi connectivity index (χ2n) is 7.87. The van der Waals surface area contributed by atoms with Crippen molar-refractivity contribution in [1.82, 2.24) is 0 Å². The molecule has 0 aliphatic carbocycles. The maximum atomic E-state index is 9.21. The molecule has 0 bridgehead atoms. The first-order valence-electron chi connectivity index (χ1n) is 7.83. The molecular formula is C20H26NiO2S2. The second-order valence-corrected chi connectivity index (χ2v) is 8.74. The number of phenolic OH excluding ortho intramolecular Hbond substituents is 2. The minimum atomic E-state index is 0. The molecule has 0 aliphatic heterocycles. The summed E-state index contributed by atoms with van der Waals surface area (Å²) >= 11 is 9.92. The van der Waals surface area contributed by atoms with E-state index in [9.17, 15) is 10.2 Å². The van der Waals surface area contributed by atoms with Crippen LogP contribution in [-0.2, 0) is 52.6 Å². The molecule has 0 atom stereocenters. The van der Waals surface area contributed by atoms with E-state index in [-0.39, 0.29) is 38.8 Å². The maximum absolute atomic E-state index is 9.21. The van der Waals surface area contributed by atoms with Crippen molar-refractivity contribution in [2.24, 2.45) is 0 Å². The molecule has 2 aromatic carbocycles. The van der Waals surface area contributed by atoms with Crippen molar-refractivity contribution in [2.45, 2.75) is 62.2 Å². The molecule has 0 unspecified atom stereocenters. The van der Waals surface area contributed by atoms with Gasteiger partial charge in [-0.3, -0.25) is 0 Å². The van der Waals surface area contributed by atoms with Gasteiger partial charge in [0.2, 0.25) is 0 Å². The summed E-state index contributed by atoms with van der Waals surface area (Å²) < 4.78 is 0. The molecule has 0 radical (unpaired) electrons. The summed E-state index contributed by atoms with van der Waals surface area (Å²) in [7, 11) is 0. The van der Waals surface area contributed by atoms with Gasteiger partial charge in [-0.15, -0.1) is 9.79 Å². The quantitative estimate of drug-likeness (QED) is 0.454. The zero-order valence-corrected chi connectivity index (χ0v) is 18.1. The Morgan fingerprint density at radius 2 is 0.920 bits per heavy atom. The van der Waals surface area contributed by atoms with E-state index < -0.39 is 0 Å². The van der Waals surface area contributed by atoms with Crippen LogP contribution in [0.2, 0.25) is 0 Å². The summed E-state index contributed by atoms with van der Waals surface area (Å²) in [6.07, 6.45) is 0. The average molecular weight is 421 g/mol. The molecule has 140 valence electrons. The molecule has 2 aromatic rings. The van der Waals surface area contributed by atoms with Gasteiger partial charge in [-0.05, 0) is 34.1 Å². The largest absolute Gasteiger partial charge is 2.00 e. The van der Waals surface area contributed by atoms with Crippen LogP contribution in [0.4, 0.5) is 0 Å². The van der Waals surface area contributed by atoms with Gasteiger partial charge in [0, 0.05) is 0 Å². The van der Waals surface area contributed by atoms with Crippen molar-refractivity contribution in [2.75, 3.05) is 0 Å². The zero-order chi connectivity index (χ0) is 18.7. The fourth-order valence-corrected chi connectivity index (χ4v) is 2.35. The van der Waals surface area contributed by atoms with Gasteiger partial charge in [-0.1, -0.05) is 65.8 Å². The van der Waals surface area contributed by atoms with Crippen LogP contribution in [0.3, 0.4) is 0 Å². The molecule has 0 saturated carbocycles. The van der Waals surface area contributed by atoms with Crippen molar-refractivity contribution in [1.29, 1.82) is 0 Å². The molecule has 2 N–H and O–H groups in total. The van der Waals surface area contributed by atoms with Crippen LogP contribution in [0.1, 0.15) is 52.7 Å². The predicted octanol–water partition coefficient (Wildman–Crippen LogP) is 5.19. The van der Waals surface area contributed by atoms with Crippen LogP contribution in [0.5, 0.6) is 11.5 Å². The first-order valence-corrected chi connectivity index (χ1v) is 8.65. The van der Waals surface area contributed by atoms with Crippen molar-refractivity contribution in [3.8, 4) is 11.5 Å². The monoisotopic (exact) mass is 420 g/mol. The Bertz CT molecular complexity index is 640. The predicted molar refractivity (Wildman–Crippen MR) is 105 cm³/mol. The summed E-state index contributed by atoms with van der Waals surface area (Å²) in [5.74, 6) is 0.385. The summed E-state index contributed by atoms with van der Waals surface area (Å²) in [5, 5.41) is 18.4. The molecule has 0 spiro atoms. The summed E-state index contributed by atoms with van der Waals surface area (Å²) in [6, 6.07) is 10.8. The van der Waals surface area contributed by atoms with Crippen LogP contribution in [-0.4, -0.2) is 10.2 Å². The first-order chi connectivity index (χ1) is 10.8. The van der Waals surface area contributed by atoms with E-state index in [1.54, 1.807) is 12.1 Å². The third-order valence-electron chi connectivity index (χ3n) is 3.65. The molecule has 0 saturated heterocycles. The number of rotatable bonds is 0. The number of benzene rings is 2. The van der Waals surface area contributed by atoms with E-state index in [0.717, 1.165) is 11.1 Å². The van der Waals surface area contributed by atoms with Crippen LogP contribution in [0.15, 0.2) is 46.2 Å². The average Bonchev–Trinajstić information content (AvgIpc) is 2.43. The van der Waals surface area contributed by atoms with Gasteiger partial charge in [0.05, 0.1) is 11.5 Å². The van der Waals surface area contributed by atoms with E-state index in [1.807, 2.05) is 24.3 Å². The SMILES string of the molecule is CC(C)(C)c1ccc(O)c([S-])c1.CC(C)(C)c1ccc(O)c([S-])c1.[Ni+2]. The van der Waals surface area contributed by atoms with Crippen LogP contribution < -0.4 is 0 Å². The molecule has 0 aliphatic rings. The third-order valence-corrected chi connectivity index (χ3v) is 4.31. The normalized spacial score (nSPS) is 11.1. The van der Waals surface area contributed by atoms with E-state index in [2.05, 4.69) is 41.5 Å². The molecule has 0 amide bonds. The summed E-state index contributed by atoms with van der Waals surface area (Å²) in [4.78, 5) is 1.06. The Morgan fingerprint density at radius 1 is 0.640 bits per heavy atom. The van der Waals surface area contributed by atoms with Gasteiger partial charge in [0.1, 0.15) is 0 Å². The van der Waals surface area contributed by atoms with Crippen LogP contribution in [0.25, 0.3) is 0 Å². The number of aromatic hydroxyl groups is 2. The molecule has 0 heterocycles. The fourth-order valence-electron chi connectivity index (χ4n) is 1.96. The third kappa shape index (κ3) is 7.39. The topological polar surface area (TPSA) is 40.5 Å². The van der Waals surface area contributed by atoms with Gasteiger partial charge < -0.3 is 35.5 Å². The Kier molecular flexibility index (Phi) is 8.70. The number of hydrogen-bond acceptors (Lipinski definition) is 4. The van der Waals surface area contributed by atoms with E-state index in [1.165, 1.54) is 0 Å². The van der Waals surface area contributed by atoms with E-state index in [0.29, 0.717) is 9.79 Å². The molecule has 2 nitrogen and oxygen atoms in total. The first kappa shape index (κ1) is 24.0.